The molecule has 142 valence electrons. The molecule has 2 aliphatic heterocycles. The highest BCUT2D eigenvalue weighted by Gasteiger charge is 2.32. The molecule has 1 fully saturated rings. The molecule has 2 heterocycles. The molecule has 0 aromatic heterocycles. The number of hydrogen-bond acceptors (Lipinski definition) is 6. The van der Waals surface area contributed by atoms with Gasteiger partial charge in [0, 0.05) is 31.8 Å². The van der Waals surface area contributed by atoms with E-state index >= 15 is 0 Å². The zero-order chi connectivity index (χ0) is 18.6. The van der Waals surface area contributed by atoms with E-state index in [-0.39, 0.29) is 4.91 Å². The van der Waals surface area contributed by atoms with E-state index in [9.17, 15) is 8.42 Å². The van der Waals surface area contributed by atoms with Gasteiger partial charge in [0.05, 0.1) is 20.3 Å². The monoisotopic (exact) mass is 379 g/mol. The first-order valence-corrected chi connectivity index (χ1v) is 10.2. The molecule has 1 N–H and O–H groups in total. The lowest BCUT2D eigenvalue weighted by molar-refractivity contribution is 0.0377. The Labute approximate surface area is 154 Å². The number of ether oxygens (including phenoxy) is 2. The molecule has 0 amide bonds. The number of hydrogen-bond donors (Lipinski definition) is 1. The maximum Gasteiger partial charge on any atom is 0.264 e. The lowest BCUT2D eigenvalue weighted by Crippen LogP contribution is -2.37. The van der Waals surface area contributed by atoms with Gasteiger partial charge >= 0.3 is 0 Å². The van der Waals surface area contributed by atoms with Crippen LogP contribution in [0.5, 0.6) is 5.75 Å². The molecule has 26 heavy (non-hydrogen) atoms. The molecule has 1 aromatic rings. The summed E-state index contributed by atoms with van der Waals surface area (Å²) in [5.41, 5.74) is 1.29. The van der Waals surface area contributed by atoms with Crippen LogP contribution in [0.15, 0.2) is 34.8 Å². The Hall–Kier alpha value is -1.90. The minimum absolute atomic E-state index is 0.284. The number of nitrogens with one attached hydrogen (secondary N) is 1. The van der Waals surface area contributed by atoms with Gasteiger partial charge in [0.1, 0.15) is 16.5 Å². The SMILES string of the molecule is COc1ccc(C2=C(C)C(=NCCCN3CCOCC3)NS2(=O)=O)cc1. The molecule has 0 radical (unpaired) electrons. The van der Waals surface area contributed by atoms with Crippen LogP contribution in [0.2, 0.25) is 0 Å². The van der Waals surface area contributed by atoms with E-state index in [1.54, 1.807) is 38.3 Å². The van der Waals surface area contributed by atoms with Crippen molar-refractivity contribution in [2.75, 3.05) is 46.5 Å². The van der Waals surface area contributed by atoms with E-state index in [2.05, 4.69) is 14.6 Å². The number of methoxy groups -OCH3 is 1. The third-order valence-electron chi connectivity index (χ3n) is 4.55. The fourth-order valence-corrected chi connectivity index (χ4v) is 4.66. The third kappa shape index (κ3) is 4.25. The number of benzene rings is 1. The van der Waals surface area contributed by atoms with Crippen LogP contribution in [0.3, 0.4) is 0 Å². The first kappa shape index (κ1) is 18.9. The molecule has 1 saturated heterocycles. The highest BCUT2D eigenvalue weighted by atomic mass is 32.2. The number of aliphatic imine (C=N–C) groups is 1. The van der Waals surface area contributed by atoms with E-state index in [4.69, 9.17) is 9.47 Å². The number of rotatable bonds is 6. The van der Waals surface area contributed by atoms with Crippen molar-refractivity contribution in [3.8, 4) is 5.75 Å². The van der Waals surface area contributed by atoms with Crippen LogP contribution in [-0.4, -0.2) is 65.7 Å². The summed E-state index contributed by atoms with van der Waals surface area (Å²) < 4.78 is 38.1. The van der Waals surface area contributed by atoms with Crippen molar-refractivity contribution in [3.05, 3.63) is 35.4 Å². The maximum absolute atomic E-state index is 12.5. The van der Waals surface area contributed by atoms with Gasteiger partial charge < -0.3 is 9.47 Å². The first-order chi connectivity index (χ1) is 12.5. The quantitative estimate of drug-likeness (QED) is 0.758. The Morgan fingerprint density at radius 2 is 1.92 bits per heavy atom. The second kappa shape index (κ2) is 8.20. The molecule has 1 aromatic carbocycles. The minimum Gasteiger partial charge on any atom is -0.497 e. The van der Waals surface area contributed by atoms with Gasteiger partial charge in [0.25, 0.3) is 10.0 Å². The summed E-state index contributed by atoms with van der Waals surface area (Å²) in [6.45, 7) is 6.78. The first-order valence-electron chi connectivity index (χ1n) is 8.74. The maximum atomic E-state index is 12.5. The van der Waals surface area contributed by atoms with Crippen LogP contribution in [0, 0.1) is 0 Å². The average Bonchev–Trinajstić information content (AvgIpc) is 2.88. The van der Waals surface area contributed by atoms with Gasteiger partial charge in [-0.1, -0.05) is 0 Å². The van der Waals surface area contributed by atoms with Crippen LogP contribution >= 0.6 is 0 Å². The summed E-state index contributed by atoms with van der Waals surface area (Å²) >= 11 is 0. The third-order valence-corrected chi connectivity index (χ3v) is 6.10. The Morgan fingerprint density at radius 1 is 1.23 bits per heavy atom. The normalized spacial score (nSPS) is 21.8. The van der Waals surface area contributed by atoms with Gasteiger partial charge in [-0.25, -0.2) is 8.42 Å². The van der Waals surface area contributed by atoms with Crippen LogP contribution < -0.4 is 9.46 Å². The Balaban J connectivity index is 1.69. The average molecular weight is 379 g/mol. The molecule has 0 aliphatic carbocycles. The van der Waals surface area contributed by atoms with Crippen molar-refractivity contribution in [2.45, 2.75) is 13.3 Å². The number of morpholine rings is 1. The van der Waals surface area contributed by atoms with Gasteiger partial charge in [-0.2, -0.15) is 0 Å². The highest BCUT2D eigenvalue weighted by Crippen LogP contribution is 2.30. The number of nitrogens with zero attached hydrogens (tertiary/aromatic N) is 2. The van der Waals surface area contributed by atoms with Crippen molar-refractivity contribution in [1.29, 1.82) is 0 Å². The van der Waals surface area contributed by atoms with Gasteiger partial charge in [-0.05, 0) is 43.2 Å². The summed E-state index contributed by atoms with van der Waals surface area (Å²) in [5.74, 6) is 1.13. The van der Waals surface area contributed by atoms with Gasteiger partial charge in [-0.3, -0.25) is 14.6 Å². The van der Waals surface area contributed by atoms with Crippen molar-refractivity contribution in [1.82, 2.24) is 9.62 Å². The Bertz CT molecular complexity index is 794. The molecule has 3 rings (SSSR count). The minimum atomic E-state index is -3.58. The van der Waals surface area contributed by atoms with Crippen molar-refractivity contribution in [2.24, 2.45) is 4.99 Å². The predicted octanol–water partition coefficient (Wildman–Crippen LogP) is 1.48. The second-order valence-corrected chi connectivity index (χ2v) is 7.95. The predicted molar refractivity (Wildman–Crippen MR) is 102 cm³/mol. The summed E-state index contributed by atoms with van der Waals surface area (Å²) in [6, 6.07) is 7.00. The molecular formula is C18H25N3O4S. The Kier molecular flexibility index (Phi) is 5.95. The lowest BCUT2D eigenvalue weighted by Gasteiger charge is -2.26. The molecule has 2 aliphatic rings. The summed E-state index contributed by atoms with van der Waals surface area (Å²) in [7, 11) is -2.01. The van der Waals surface area contributed by atoms with E-state index in [1.807, 2.05) is 0 Å². The van der Waals surface area contributed by atoms with Crippen LogP contribution in [0.25, 0.3) is 4.91 Å². The van der Waals surface area contributed by atoms with Gasteiger partial charge in [0.15, 0.2) is 0 Å². The van der Waals surface area contributed by atoms with Crippen LogP contribution in [-0.2, 0) is 14.8 Å². The van der Waals surface area contributed by atoms with Gasteiger partial charge in [-0.15, -0.1) is 0 Å². The Morgan fingerprint density at radius 3 is 2.58 bits per heavy atom. The van der Waals surface area contributed by atoms with Gasteiger partial charge in [0.2, 0.25) is 0 Å². The largest absolute Gasteiger partial charge is 0.497 e. The fraction of sp³-hybridized carbons (Fsp3) is 0.500. The standard InChI is InChI=1S/C18H25N3O4S/c1-14-17(15-4-6-16(24-2)7-5-15)26(22,23)20-18(14)19-8-3-9-21-10-12-25-13-11-21/h4-7H,3,8-13H2,1-2H3,(H,19,20). The molecular weight excluding hydrogens is 354 g/mol. The molecule has 0 bridgehead atoms. The van der Waals surface area contributed by atoms with Crippen LogP contribution in [0.1, 0.15) is 18.9 Å². The molecule has 8 heteroatoms. The summed E-state index contributed by atoms with van der Waals surface area (Å²) in [4.78, 5) is 7.11. The summed E-state index contributed by atoms with van der Waals surface area (Å²) in [5, 5.41) is 0. The zero-order valence-corrected chi connectivity index (χ0v) is 16.0. The smallest absolute Gasteiger partial charge is 0.264 e. The van der Waals surface area contributed by atoms with Crippen LogP contribution in [0.4, 0.5) is 0 Å². The second-order valence-electron chi connectivity index (χ2n) is 6.33. The molecule has 0 atom stereocenters. The van der Waals surface area contributed by atoms with E-state index < -0.39 is 10.0 Å². The topological polar surface area (TPSA) is 80.2 Å². The van der Waals surface area contributed by atoms with Crippen molar-refractivity contribution < 1.29 is 17.9 Å². The zero-order valence-electron chi connectivity index (χ0n) is 15.2. The highest BCUT2D eigenvalue weighted by molar-refractivity contribution is 8.00. The van der Waals surface area contributed by atoms with Crippen molar-refractivity contribution in [3.63, 3.8) is 0 Å². The number of sulfonamides is 1. The van der Waals surface area contributed by atoms with Crippen molar-refractivity contribution >= 4 is 20.8 Å². The molecule has 0 saturated carbocycles. The molecule has 0 spiro atoms. The lowest BCUT2D eigenvalue weighted by atomic mass is 10.1. The molecule has 0 unspecified atom stereocenters. The summed E-state index contributed by atoms with van der Waals surface area (Å²) in [6.07, 6.45) is 0.885. The van der Waals surface area contributed by atoms with E-state index in [0.29, 0.717) is 29.3 Å². The van der Waals surface area contributed by atoms with E-state index in [1.165, 1.54) is 0 Å². The molecule has 7 nitrogen and oxygen atoms in total. The van der Waals surface area contributed by atoms with E-state index in [0.717, 1.165) is 39.3 Å². The fourth-order valence-electron chi connectivity index (χ4n) is 3.14. The number of amidine groups is 1.